The Hall–Kier alpha value is -1.63. The Bertz CT molecular complexity index is 651. The third-order valence-corrected chi connectivity index (χ3v) is 4.63. The van der Waals surface area contributed by atoms with Crippen LogP contribution < -0.4 is 0 Å². The predicted molar refractivity (Wildman–Crippen MR) is 67.8 cm³/mol. The summed E-state index contributed by atoms with van der Waals surface area (Å²) in [5, 5.41) is 17.5. The number of hydrogen-bond donors (Lipinski definition) is 1. The number of nitriles is 1. The number of benzene rings is 1. The SMILES string of the molecule is Cc1cc(C#N)ccc1S(=O)(=O)N(CCO)CC(F)(F)F. The van der Waals surface area contributed by atoms with Gasteiger partial charge in [0.15, 0.2) is 0 Å². The van der Waals surface area contributed by atoms with Crippen LogP contribution >= 0.6 is 0 Å². The van der Waals surface area contributed by atoms with Gasteiger partial charge in [0.1, 0.15) is 6.54 Å². The molecule has 0 aromatic heterocycles. The summed E-state index contributed by atoms with van der Waals surface area (Å²) in [7, 11) is -4.41. The molecule has 0 saturated carbocycles. The molecule has 1 aromatic carbocycles. The van der Waals surface area contributed by atoms with Crippen molar-refractivity contribution in [3.63, 3.8) is 0 Å². The molecular formula is C12H13F3N2O3S. The molecular weight excluding hydrogens is 309 g/mol. The molecule has 0 bridgehead atoms. The monoisotopic (exact) mass is 322 g/mol. The van der Waals surface area contributed by atoms with Gasteiger partial charge in [-0.3, -0.25) is 0 Å². The smallest absolute Gasteiger partial charge is 0.395 e. The van der Waals surface area contributed by atoms with E-state index in [0.717, 1.165) is 6.07 Å². The Morgan fingerprint density at radius 2 is 2.00 bits per heavy atom. The molecule has 0 unspecified atom stereocenters. The number of hydrogen-bond acceptors (Lipinski definition) is 4. The van der Waals surface area contributed by atoms with Gasteiger partial charge >= 0.3 is 6.18 Å². The first kappa shape index (κ1) is 17.4. The highest BCUT2D eigenvalue weighted by molar-refractivity contribution is 7.89. The van der Waals surface area contributed by atoms with Gasteiger partial charge < -0.3 is 5.11 Å². The van der Waals surface area contributed by atoms with Gasteiger partial charge in [0, 0.05) is 6.54 Å². The van der Waals surface area contributed by atoms with Gasteiger partial charge in [-0.1, -0.05) is 0 Å². The fraction of sp³-hybridized carbons (Fsp3) is 0.417. The van der Waals surface area contributed by atoms with Crippen LogP contribution in [0.5, 0.6) is 0 Å². The normalized spacial score (nSPS) is 12.4. The lowest BCUT2D eigenvalue weighted by Crippen LogP contribution is -2.40. The average Bonchev–Trinajstić information content (AvgIpc) is 2.36. The summed E-state index contributed by atoms with van der Waals surface area (Å²) >= 11 is 0. The predicted octanol–water partition coefficient (Wildman–Crippen LogP) is 1.41. The van der Waals surface area contributed by atoms with E-state index in [1.54, 1.807) is 0 Å². The number of nitrogens with zero attached hydrogens (tertiary/aromatic N) is 2. The largest absolute Gasteiger partial charge is 0.402 e. The highest BCUT2D eigenvalue weighted by Gasteiger charge is 2.37. The van der Waals surface area contributed by atoms with Crippen LogP contribution in [0, 0.1) is 18.3 Å². The number of sulfonamides is 1. The molecule has 0 atom stereocenters. The molecule has 0 fully saturated rings. The molecule has 0 amide bonds. The number of rotatable bonds is 5. The minimum absolute atomic E-state index is 0.166. The van der Waals surface area contributed by atoms with E-state index in [1.807, 2.05) is 6.07 Å². The Kier molecular flexibility index (Phi) is 5.33. The topological polar surface area (TPSA) is 81.4 Å². The molecule has 0 saturated heterocycles. The van der Waals surface area contributed by atoms with Gasteiger partial charge in [0.25, 0.3) is 0 Å². The highest BCUT2D eigenvalue weighted by atomic mass is 32.2. The number of aliphatic hydroxyl groups is 1. The van der Waals surface area contributed by atoms with Crippen molar-refractivity contribution in [2.75, 3.05) is 19.7 Å². The third kappa shape index (κ3) is 4.42. The first-order chi connectivity index (χ1) is 9.61. The maximum Gasteiger partial charge on any atom is 0.402 e. The van der Waals surface area contributed by atoms with Crippen LogP contribution in [0.4, 0.5) is 13.2 Å². The Labute approximate surface area is 120 Å². The molecule has 5 nitrogen and oxygen atoms in total. The maximum absolute atomic E-state index is 12.5. The second kappa shape index (κ2) is 6.43. The zero-order valence-electron chi connectivity index (χ0n) is 11.1. The molecule has 21 heavy (non-hydrogen) atoms. The highest BCUT2D eigenvalue weighted by Crippen LogP contribution is 2.25. The Morgan fingerprint density at radius 3 is 2.43 bits per heavy atom. The summed E-state index contributed by atoms with van der Waals surface area (Å²) in [5.74, 6) is 0. The molecule has 116 valence electrons. The van der Waals surface area contributed by atoms with E-state index < -0.39 is 35.9 Å². The van der Waals surface area contributed by atoms with Gasteiger partial charge in [0.2, 0.25) is 10.0 Å². The van der Waals surface area contributed by atoms with Crippen molar-refractivity contribution in [3.8, 4) is 6.07 Å². The summed E-state index contributed by atoms with van der Waals surface area (Å²) in [6, 6.07) is 5.39. The van der Waals surface area contributed by atoms with Gasteiger partial charge in [0.05, 0.1) is 23.1 Å². The van der Waals surface area contributed by atoms with E-state index in [-0.39, 0.29) is 20.3 Å². The molecule has 1 rings (SSSR count). The fourth-order valence-electron chi connectivity index (χ4n) is 1.74. The van der Waals surface area contributed by atoms with E-state index in [4.69, 9.17) is 10.4 Å². The van der Waals surface area contributed by atoms with E-state index in [2.05, 4.69) is 0 Å². The molecule has 0 radical (unpaired) electrons. The van der Waals surface area contributed by atoms with Gasteiger partial charge in [-0.2, -0.15) is 22.7 Å². The standard InChI is InChI=1S/C12H13F3N2O3S/c1-9-6-10(7-16)2-3-11(9)21(19,20)17(4-5-18)8-12(13,14)15/h2-3,6,18H,4-5,8H2,1H3. The van der Waals surface area contributed by atoms with Crippen molar-refractivity contribution >= 4 is 10.0 Å². The lowest BCUT2D eigenvalue weighted by molar-refractivity contribution is -0.136. The second-order valence-electron chi connectivity index (χ2n) is 4.27. The molecule has 0 spiro atoms. The van der Waals surface area contributed by atoms with E-state index in [0.29, 0.717) is 0 Å². The number of aryl methyl sites for hydroxylation is 1. The summed E-state index contributed by atoms with van der Waals surface area (Å²) in [6.45, 7) is -1.69. The van der Waals surface area contributed by atoms with Crippen molar-refractivity contribution in [1.82, 2.24) is 4.31 Å². The van der Waals surface area contributed by atoms with Crippen molar-refractivity contribution in [3.05, 3.63) is 29.3 Å². The first-order valence-electron chi connectivity index (χ1n) is 5.80. The summed E-state index contributed by atoms with van der Waals surface area (Å²) in [4.78, 5) is -0.320. The van der Waals surface area contributed by atoms with Gasteiger partial charge in [-0.25, -0.2) is 8.42 Å². The fourth-order valence-corrected chi connectivity index (χ4v) is 3.37. The molecule has 0 aliphatic heterocycles. The zero-order valence-corrected chi connectivity index (χ0v) is 11.9. The maximum atomic E-state index is 12.5. The molecule has 1 N–H and O–H groups in total. The van der Waals surface area contributed by atoms with Crippen LogP contribution in [-0.4, -0.2) is 43.7 Å². The van der Waals surface area contributed by atoms with Crippen molar-refractivity contribution < 1.29 is 26.7 Å². The zero-order chi connectivity index (χ0) is 16.3. The van der Waals surface area contributed by atoms with Crippen LogP contribution in [0.3, 0.4) is 0 Å². The van der Waals surface area contributed by atoms with E-state index in [9.17, 15) is 21.6 Å². The quantitative estimate of drug-likeness (QED) is 0.889. The second-order valence-corrected chi connectivity index (χ2v) is 6.18. The number of aliphatic hydroxyl groups excluding tert-OH is 1. The number of halogens is 3. The average molecular weight is 322 g/mol. The van der Waals surface area contributed by atoms with E-state index in [1.165, 1.54) is 19.1 Å². The lowest BCUT2D eigenvalue weighted by Gasteiger charge is -2.23. The molecule has 0 aliphatic rings. The molecule has 1 aromatic rings. The molecule has 9 heteroatoms. The van der Waals surface area contributed by atoms with Crippen LogP contribution in [0.15, 0.2) is 23.1 Å². The van der Waals surface area contributed by atoms with E-state index >= 15 is 0 Å². The Morgan fingerprint density at radius 1 is 1.38 bits per heavy atom. The number of alkyl halides is 3. The Balaban J connectivity index is 3.26. The minimum atomic E-state index is -4.72. The third-order valence-electron chi connectivity index (χ3n) is 2.63. The summed E-state index contributed by atoms with van der Waals surface area (Å²) < 4.78 is 62.1. The molecule has 0 heterocycles. The van der Waals surface area contributed by atoms with Gasteiger partial charge in [-0.15, -0.1) is 0 Å². The lowest BCUT2D eigenvalue weighted by atomic mass is 10.2. The van der Waals surface area contributed by atoms with Crippen molar-refractivity contribution in [2.24, 2.45) is 0 Å². The molecule has 0 aliphatic carbocycles. The van der Waals surface area contributed by atoms with Crippen LogP contribution in [-0.2, 0) is 10.0 Å². The summed E-state index contributed by atoms with van der Waals surface area (Å²) in [6.07, 6.45) is -4.72. The van der Waals surface area contributed by atoms with Crippen LogP contribution in [0.2, 0.25) is 0 Å². The summed E-state index contributed by atoms with van der Waals surface area (Å²) in [5.41, 5.74) is 0.371. The van der Waals surface area contributed by atoms with Crippen molar-refractivity contribution in [2.45, 2.75) is 18.0 Å². The first-order valence-corrected chi connectivity index (χ1v) is 7.24. The van der Waals surface area contributed by atoms with Crippen LogP contribution in [0.1, 0.15) is 11.1 Å². The van der Waals surface area contributed by atoms with Crippen molar-refractivity contribution in [1.29, 1.82) is 5.26 Å². The minimum Gasteiger partial charge on any atom is -0.395 e. The van der Waals surface area contributed by atoms with Gasteiger partial charge in [-0.05, 0) is 30.7 Å². The van der Waals surface area contributed by atoms with Crippen LogP contribution in [0.25, 0.3) is 0 Å².